The van der Waals surface area contributed by atoms with Crippen LogP contribution < -0.4 is 10.1 Å². The summed E-state index contributed by atoms with van der Waals surface area (Å²) in [4.78, 5) is 23.2. The number of ether oxygens (including phenoxy) is 1. The average Bonchev–Trinajstić information content (AvgIpc) is 2.95. The molecule has 21 heavy (non-hydrogen) atoms. The Labute approximate surface area is 121 Å². The first-order valence-corrected chi connectivity index (χ1v) is 6.35. The summed E-state index contributed by atoms with van der Waals surface area (Å²) in [6.45, 7) is 1.88. The summed E-state index contributed by atoms with van der Waals surface area (Å²) in [7, 11) is 1.45. The number of carboxylic acids is 1. The van der Waals surface area contributed by atoms with Crippen molar-refractivity contribution in [1.29, 1.82) is 0 Å². The highest BCUT2D eigenvalue weighted by Gasteiger charge is 2.16. The Bertz CT molecular complexity index is 674. The van der Waals surface area contributed by atoms with E-state index in [0.29, 0.717) is 29.2 Å². The van der Waals surface area contributed by atoms with Gasteiger partial charge in [-0.05, 0) is 24.3 Å². The summed E-state index contributed by atoms with van der Waals surface area (Å²) < 4.78 is 10.3. The van der Waals surface area contributed by atoms with Crippen LogP contribution in [0, 0.1) is 0 Å². The van der Waals surface area contributed by atoms with E-state index in [0.717, 1.165) is 0 Å². The molecule has 0 fully saturated rings. The van der Waals surface area contributed by atoms with Crippen molar-refractivity contribution in [1.82, 2.24) is 0 Å². The predicted octanol–water partition coefficient (Wildman–Crippen LogP) is 2.80. The molecule has 6 nitrogen and oxygen atoms in total. The maximum atomic E-state index is 12.2. The SMILES string of the molecule is CCc1occc1C(=O)Nc1cc(C(=O)O)ccc1OC. The number of hydrogen-bond acceptors (Lipinski definition) is 4. The van der Waals surface area contributed by atoms with Crippen LogP contribution in [0.3, 0.4) is 0 Å². The second-order valence-electron chi connectivity index (χ2n) is 4.29. The maximum Gasteiger partial charge on any atom is 0.335 e. The van der Waals surface area contributed by atoms with E-state index in [4.69, 9.17) is 14.3 Å². The van der Waals surface area contributed by atoms with Crippen molar-refractivity contribution in [3.63, 3.8) is 0 Å². The Balaban J connectivity index is 2.31. The molecule has 1 amide bonds. The van der Waals surface area contributed by atoms with Crippen molar-refractivity contribution in [2.24, 2.45) is 0 Å². The Morgan fingerprint density at radius 3 is 2.71 bits per heavy atom. The molecule has 0 saturated heterocycles. The first-order chi connectivity index (χ1) is 10.1. The van der Waals surface area contributed by atoms with Crippen LogP contribution in [0.25, 0.3) is 0 Å². The number of carboxylic acid groups (broad SMARTS) is 1. The van der Waals surface area contributed by atoms with E-state index in [1.165, 1.54) is 31.6 Å². The Morgan fingerprint density at radius 1 is 1.33 bits per heavy atom. The van der Waals surface area contributed by atoms with Crippen LogP contribution in [-0.2, 0) is 6.42 Å². The molecule has 2 rings (SSSR count). The highest BCUT2D eigenvalue weighted by molar-refractivity contribution is 6.06. The highest BCUT2D eigenvalue weighted by atomic mass is 16.5. The van der Waals surface area contributed by atoms with E-state index in [9.17, 15) is 9.59 Å². The molecule has 0 atom stereocenters. The molecule has 0 aliphatic carbocycles. The van der Waals surface area contributed by atoms with E-state index in [1.54, 1.807) is 6.07 Å². The third-order valence-electron chi connectivity index (χ3n) is 3.01. The number of benzene rings is 1. The topological polar surface area (TPSA) is 88.8 Å². The number of furan rings is 1. The fourth-order valence-electron chi connectivity index (χ4n) is 1.95. The van der Waals surface area contributed by atoms with Gasteiger partial charge < -0.3 is 19.6 Å². The quantitative estimate of drug-likeness (QED) is 0.883. The number of aryl methyl sites for hydroxylation is 1. The molecule has 6 heteroatoms. The van der Waals surface area contributed by atoms with Crippen molar-refractivity contribution in [2.75, 3.05) is 12.4 Å². The van der Waals surface area contributed by atoms with Gasteiger partial charge in [0, 0.05) is 6.42 Å². The van der Waals surface area contributed by atoms with Crippen LogP contribution in [0.1, 0.15) is 33.4 Å². The molecule has 0 aliphatic rings. The van der Waals surface area contributed by atoms with Gasteiger partial charge in [0.2, 0.25) is 0 Å². The summed E-state index contributed by atoms with van der Waals surface area (Å²) >= 11 is 0. The lowest BCUT2D eigenvalue weighted by Gasteiger charge is -2.11. The molecule has 0 aliphatic heterocycles. The normalized spacial score (nSPS) is 10.2. The Hall–Kier alpha value is -2.76. The number of amides is 1. The van der Waals surface area contributed by atoms with Gasteiger partial charge >= 0.3 is 5.97 Å². The van der Waals surface area contributed by atoms with Crippen LogP contribution in [0.2, 0.25) is 0 Å². The van der Waals surface area contributed by atoms with Gasteiger partial charge in [0.15, 0.2) is 0 Å². The molecule has 0 spiro atoms. The molecule has 0 bridgehead atoms. The molecule has 110 valence electrons. The zero-order valence-electron chi connectivity index (χ0n) is 11.7. The van der Waals surface area contributed by atoms with Crippen molar-refractivity contribution < 1.29 is 23.8 Å². The lowest BCUT2D eigenvalue weighted by molar-refractivity contribution is 0.0696. The van der Waals surface area contributed by atoms with Crippen molar-refractivity contribution >= 4 is 17.6 Å². The lowest BCUT2D eigenvalue weighted by atomic mass is 10.1. The number of methoxy groups -OCH3 is 1. The summed E-state index contributed by atoms with van der Waals surface area (Å²) in [5.74, 6) is -0.497. The molecule has 0 radical (unpaired) electrons. The minimum atomic E-state index is -1.08. The van der Waals surface area contributed by atoms with Crippen molar-refractivity contribution in [3.8, 4) is 5.75 Å². The number of carbonyl (C=O) groups is 2. The summed E-state index contributed by atoms with van der Waals surface area (Å²) in [5.41, 5.74) is 0.778. The second kappa shape index (κ2) is 6.13. The van der Waals surface area contributed by atoms with E-state index < -0.39 is 5.97 Å². The predicted molar refractivity (Wildman–Crippen MR) is 76.0 cm³/mol. The number of hydrogen-bond donors (Lipinski definition) is 2. The van der Waals surface area contributed by atoms with Crippen LogP contribution >= 0.6 is 0 Å². The molecule has 0 unspecified atom stereocenters. The Kier molecular flexibility index (Phi) is 4.27. The van der Waals surface area contributed by atoms with Gasteiger partial charge in [-0.15, -0.1) is 0 Å². The highest BCUT2D eigenvalue weighted by Crippen LogP contribution is 2.26. The zero-order valence-corrected chi connectivity index (χ0v) is 11.7. The molecule has 2 aromatic rings. The first-order valence-electron chi connectivity index (χ1n) is 6.35. The molecule has 1 aromatic heterocycles. The molecular formula is C15H15NO5. The van der Waals surface area contributed by atoms with Gasteiger partial charge in [0.05, 0.1) is 30.2 Å². The van der Waals surface area contributed by atoms with Gasteiger partial charge in [-0.2, -0.15) is 0 Å². The Morgan fingerprint density at radius 2 is 2.10 bits per heavy atom. The summed E-state index contributed by atoms with van der Waals surface area (Å²) in [6, 6.07) is 5.83. The van der Waals surface area contributed by atoms with Crippen LogP contribution in [0.15, 0.2) is 34.9 Å². The summed E-state index contributed by atoms with van der Waals surface area (Å²) in [5, 5.41) is 11.7. The number of nitrogens with one attached hydrogen (secondary N) is 1. The molecule has 0 saturated carbocycles. The largest absolute Gasteiger partial charge is 0.495 e. The molecule has 2 N–H and O–H groups in total. The molecule has 1 aromatic carbocycles. The fraction of sp³-hybridized carbons (Fsp3) is 0.200. The van der Waals surface area contributed by atoms with E-state index in [1.807, 2.05) is 6.92 Å². The molecule has 1 heterocycles. The lowest BCUT2D eigenvalue weighted by Crippen LogP contribution is -2.14. The van der Waals surface area contributed by atoms with E-state index in [-0.39, 0.29) is 11.5 Å². The van der Waals surface area contributed by atoms with Crippen LogP contribution in [0.4, 0.5) is 5.69 Å². The average molecular weight is 289 g/mol. The van der Waals surface area contributed by atoms with Gasteiger partial charge in [0.1, 0.15) is 11.5 Å². The van der Waals surface area contributed by atoms with Crippen molar-refractivity contribution in [2.45, 2.75) is 13.3 Å². The third kappa shape index (κ3) is 3.05. The number of rotatable bonds is 5. The minimum Gasteiger partial charge on any atom is -0.495 e. The number of carbonyl (C=O) groups excluding carboxylic acids is 1. The second-order valence-corrected chi connectivity index (χ2v) is 4.29. The maximum absolute atomic E-state index is 12.2. The molecular weight excluding hydrogens is 274 g/mol. The van der Waals surface area contributed by atoms with Crippen LogP contribution in [0.5, 0.6) is 5.75 Å². The van der Waals surface area contributed by atoms with Gasteiger partial charge in [-0.3, -0.25) is 4.79 Å². The monoisotopic (exact) mass is 289 g/mol. The van der Waals surface area contributed by atoms with E-state index >= 15 is 0 Å². The van der Waals surface area contributed by atoms with Crippen LogP contribution in [-0.4, -0.2) is 24.1 Å². The minimum absolute atomic E-state index is 0.0639. The smallest absolute Gasteiger partial charge is 0.335 e. The third-order valence-corrected chi connectivity index (χ3v) is 3.01. The van der Waals surface area contributed by atoms with E-state index in [2.05, 4.69) is 5.32 Å². The summed E-state index contributed by atoms with van der Waals surface area (Å²) in [6.07, 6.45) is 2.03. The number of anilines is 1. The fourth-order valence-corrected chi connectivity index (χ4v) is 1.95. The van der Waals surface area contributed by atoms with Gasteiger partial charge in [-0.1, -0.05) is 6.92 Å². The first kappa shape index (κ1) is 14.6. The van der Waals surface area contributed by atoms with Crippen molar-refractivity contribution in [3.05, 3.63) is 47.4 Å². The van der Waals surface area contributed by atoms with Gasteiger partial charge in [-0.25, -0.2) is 4.79 Å². The zero-order chi connectivity index (χ0) is 15.4. The number of aromatic carboxylic acids is 1. The van der Waals surface area contributed by atoms with Gasteiger partial charge in [0.25, 0.3) is 5.91 Å². The standard InChI is InChI=1S/C15H15NO5/c1-3-12-10(6-7-21-12)14(17)16-11-8-9(15(18)19)4-5-13(11)20-2/h4-8H,3H2,1-2H3,(H,16,17)(H,18,19).